The molecule has 1 saturated heterocycles. The van der Waals surface area contributed by atoms with Crippen LogP contribution >= 0.6 is 0 Å². The molecule has 1 fully saturated rings. The fourth-order valence-corrected chi connectivity index (χ4v) is 3.49. The van der Waals surface area contributed by atoms with Crippen molar-refractivity contribution in [3.63, 3.8) is 0 Å². The number of carbonyl (C=O) groups excluding carboxylic acids is 1. The molecule has 1 N–H and O–H groups in total. The predicted molar refractivity (Wildman–Crippen MR) is 98.7 cm³/mol. The first-order valence-electron chi connectivity index (χ1n) is 9.16. The number of carbonyl (C=O) groups is 1. The van der Waals surface area contributed by atoms with Gasteiger partial charge in [0.1, 0.15) is 5.60 Å². The van der Waals surface area contributed by atoms with Crippen molar-refractivity contribution in [2.45, 2.75) is 38.3 Å². The second-order valence-corrected chi connectivity index (χ2v) is 7.04. The lowest BCUT2D eigenvalue weighted by atomic mass is 9.92. The summed E-state index contributed by atoms with van der Waals surface area (Å²) >= 11 is 0. The number of aliphatic hydroxyl groups excluding tert-OH is 1. The summed E-state index contributed by atoms with van der Waals surface area (Å²) in [7, 11) is 0. The predicted octanol–water partition coefficient (Wildman–Crippen LogP) is 1.80. The number of aromatic nitrogens is 2. The molecule has 1 aromatic carbocycles. The van der Waals surface area contributed by atoms with Gasteiger partial charge in [-0.15, -0.1) is 0 Å². The van der Waals surface area contributed by atoms with Crippen LogP contribution in [0.4, 0.5) is 0 Å². The van der Waals surface area contributed by atoms with Gasteiger partial charge in [0.15, 0.2) is 0 Å². The number of benzene rings is 1. The molecule has 1 atom stereocenters. The first-order valence-corrected chi connectivity index (χ1v) is 9.16. The molecule has 6 nitrogen and oxygen atoms in total. The molecule has 0 radical (unpaired) electrons. The molecule has 2 aromatic rings. The van der Waals surface area contributed by atoms with E-state index in [1.54, 1.807) is 6.20 Å². The van der Waals surface area contributed by atoms with Gasteiger partial charge < -0.3 is 14.7 Å². The van der Waals surface area contributed by atoms with Crippen molar-refractivity contribution in [3.05, 3.63) is 53.9 Å². The molecule has 2 heterocycles. The van der Waals surface area contributed by atoms with Crippen LogP contribution in [-0.4, -0.2) is 57.6 Å². The second-order valence-electron chi connectivity index (χ2n) is 7.04. The van der Waals surface area contributed by atoms with Gasteiger partial charge >= 0.3 is 0 Å². The molecule has 140 valence electrons. The van der Waals surface area contributed by atoms with Gasteiger partial charge in [0, 0.05) is 38.3 Å². The molecule has 3 rings (SSSR count). The van der Waals surface area contributed by atoms with Gasteiger partial charge in [-0.25, -0.2) is 0 Å². The van der Waals surface area contributed by atoms with E-state index in [-0.39, 0.29) is 12.5 Å². The van der Waals surface area contributed by atoms with Gasteiger partial charge in [0.2, 0.25) is 5.91 Å². The average Bonchev–Trinajstić information content (AvgIpc) is 3.15. The van der Waals surface area contributed by atoms with Crippen LogP contribution in [0.1, 0.15) is 24.0 Å². The standard InChI is InChI=1S/C20H27N3O3/c1-17-5-2-6-18(13-17)14-20(16-24)15-22(11-12-26-20)19(25)7-3-9-23-10-4-8-21-23/h2,4-6,8,10,13,24H,3,7,9,11-12,14-16H2,1H3. The number of morpholine rings is 1. The Morgan fingerprint density at radius 2 is 2.27 bits per heavy atom. The second kappa shape index (κ2) is 8.47. The highest BCUT2D eigenvalue weighted by Crippen LogP contribution is 2.24. The molecule has 0 aliphatic carbocycles. The normalized spacial score (nSPS) is 20.3. The summed E-state index contributed by atoms with van der Waals surface area (Å²) < 4.78 is 7.78. The molecule has 1 amide bonds. The summed E-state index contributed by atoms with van der Waals surface area (Å²) in [6.45, 7) is 4.15. The van der Waals surface area contributed by atoms with Crippen molar-refractivity contribution in [2.24, 2.45) is 0 Å². The van der Waals surface area contributed by atoms with Gasteiger partial charge in [0.05, 0.1) is 19.8 Å². The minimum absolute atomic E-state index is 0.0992. The van der Waals surface area contributed by atoms with Crippen LogP contribution in [0.5, 0.6) is 0 Å². The first-order chi connectivity index (χ1) is 12.6. The number of amides is 1. The lowest BCUT2D eigenvalue weighted by Gasteiger charge is -2.42. The number of aliphatic hydroxyl groups is 1. The summed E-state index contributed by atoms with van der Waals surface area (Å²) in [5.41, 5.74) is 1.58. The molecule has 1 aromatic heterocycles. The Morgan fingerprint density at radius 3 is 3.00 bits per heavy atom. The van der Waals surface area contributed by atoms with E-state index in [1.807, 2.05) is 47.0 Å². The van der Waals surface area contributed by atoms with Crippen LogP contribution < -0.4 is 0 Å². The third-order valence-corrected chi connectivity index (χ3v) is 4.84. The molecular weight excluding hydrogens is 330 g/mol. The Balaban J connectivity index is 1.58. The van der Waals surface area contributed by atoms with Gasteiger partial charge in [-0.2, -0.15) is 5.10 Å². The van der Waals surface area contributed by atoms with E-state index in [0.717, 1.165) is 18.5 Å². The third kappa shape index (κ3) is 4.71. The van der Waals surface area contributed by atoms with Crippen LogP contribution in [0.2, 0.25) is 0 Å². The molecule has 0 bridgehead atoms. The van der Waals surface area contributed by atoms with Crippen LogP contribution in [0.25, 0.3) is 0 Å². The minimum Gasteiger partial charge on any atom is -0.393 e. The third-order valence-electron chi connectivity index (χ3n) is 4.84. The fourth-order valence-electron chi connectivity index (χ4n) is 3.49. The Morgan fingerprint density at radius 1 is 1.38 bits per heavy atom. The first kappa shape index (κ1) is 18.6. The van der Waals surface area contributed by atoms with Crippen molar-refractivity contribution in [1.82, 2.24) is 14.7 Å². The quantitative estimate of drug-likeness (QED) is 0.821. The molecule has 1 unspecified atom stereocenters. The zero-order chi connectivity index (χ0) is 18.4. The summed E-state index contributed by atoms with van der Waals surface area (Å²) in [5, 5.41) is 14.2. The molecule has 6 heteroatoms. The molecular formula is C20H27N3O3. The average molecular weight is 357 g/mol. The summed E-state index contributed by atoms with van der Waals surface area (Å²) in [6, 6.07) is 10.1. The lowest BCUT2D eigenvalue weighted by Crippen LogP contribution is -2.56. The van der Waals surface area contributed by atoms with Gasteiger partial charge in [0.25, 0.3) is 0 Å². The minimum atomic E-state index is -0.719. The fraction of sp³-hybridized carbons (Fsp3) is 0.500. The number of ether oxygens (including phenoxy) is 1. The topological polar surface area (TPSA) is 67.6 Å². The smallest absolute Gasteiger partial charge is 0.222 e. The molecule has 26 heavy (non-hydrogen) atoms. The maximum absolute atomic E-state index is 12.6. The zero-order valence-electron chi connectivity index (χ0n) is 15.3. The van der Waals surface area contributed by atoms with E-state index in [2.05, 4.69) is 11.2 Å². The van der Waals surface area contributed by atoms with Crippen LogP contribution in [0.15, 0.2) is 42.7 Å². The maximum atomic E-state index is 12.6. The highest BCUT2D eigenvalue weighted by molar-refractivity contribution is 5.76. The van der Waals surface area contributed by atoms with Crippen LogP contribution in [0, 0.1) is 6.92 Å². The number of hydrogen-bond donors (Lipinski definition) is 1. The van der Waals surface area contributed by atoms with Crippen LogP contribution in [-0.2, 0) is 22.5 Å². The van der Waals surface area contributed by atoms with Gasteiger partial charge in [-0.3, -0.25) is 9.48 Å². The van der Waals surface area contributed by atoms with Crippen molar-refractivity contribution < 1.29 is 14.6 Å². The van der Waals surface area contributed by atoms with E-state index in [1.165, 1.54) is 5.56 Å². The number of nitrogens with zero attached hydrogens (tertiary/aromatic N) is 3. The zero-order valence-corrected chi connectivity index (χ0v) is 15.3. The maximum Gasteiger partial charge on any atom is 0.222 e. The van der Waals surface area contributed by atoms with Crippen LogP contribution in [0.3, 0.4) is 0 Å². The van der Waals surface area contributed by atoms with E-state index in [0.29, 0.717) is 32.5 Å². The number of hydrogen-bond acceptors (Lipinski definition) is 4. The number of aryl methyl sites for hydroxylation is 2. The van der Waals surface area contributed by atoms with Crippen molar-refractivity contribution in [3.8, 4) is 0 Å². The monoisotopic (exact) mass is 357 g/mol. The highest BCUT2D eigenvalue weighted by atomic mass is 16.5. The molecule has 0 spiro atoms. The molecule has 0 saturated carbocycles. The summed E-state index contributed by atoms with van der Waals surface area (Å²) in [4.78, 5) is 14.4. The lowest BCUT2D eigenvalue weighted by molar-refractivity contribution is -0.158. The van der Waals surface area contributed by atoms with E-state index in [4.69, 9.17) is 4.74 Å². The molecule has 1 aliphatic heterocycles. The van der Waals surface area contributed by atoms with E-state index < -0.39 is 5.60 Å². The number of rotatable bonds is 7. The van der Waals surface area contributed by atoms with Gasteiger partial charge in [-0.05, 0) is 25.0 Å². The van der Waals surface area contributed by atoms with E-state index in [9.17, 15) is 9.90 Å². The van der Waals surface area contributed by atoms with Crippen molar-refractivity contribution in [1.29, 1.82) is 0 Å². The Labute approximate surface area is 154 Å². The Hall–Kier alpha value is -2.18. The summed E-state index contributed by atoms with van der Waals surface area (Å²) in [5.74, 6) is 0.113. The van der Waals surface area contributed by atoms with E-state index >= 15 is 0 Å². The van der Waals surface area contributed by atoms with Crippen molar-refractivity contribution >= 4 is 5.91 Å². The largest absolute Gasteiger partial charge is 0.393 e. The summed E-state index contributed by atoms with van der Waals surface area (Å²) in [6.07, 6.45) is 5.47. The highest BCUT2D eigenvalue weighted by Gasteiger charge is 2.38. The Kier molecular flexibility index (Phi) is 6.06. The molecule has 1 aliphatic rings. The SMILES string of the molecule is Cc1cccc(CC2(CO)CN(C(=O)CCCn3cccn3)CCO2)c1. The Bertz CT molecular complexity index is 717. The van der Waals surface area contributed by atoms with Gasteiger partial charge in [-0.1, -0.05) is 29.8 Å². The van der Waals surface area contributed by atoms with Crippen molar-refractivity contribution in [2.75, 3.05) is 26.3 Å².